The highest BCUT2D eigenvalue weighted by Crippen LogP contribution is 2.56. The summed E-state index contributed by atoms with van der Waals surface area (Å²) in [5.41, 5.74) is 2.93. The van der Waals surface area contributed by atoms with Gasteiger partial charge in [0.15, 0.2) is 5.65 Å². The van der Waals surface area contributed by atoms with Gasteiger partial charge in [0.1, 0.15) is 5.60 Å². The molecule has 5 heterocycles. The minimum atomic E-state index is -4.26. The second-order valence-electron chi connectivity index (χ2n) is 14.5. The van der Waals surface area contributed by atoms with E-state index in [-0.39, 0.29) is 22.5 Å². The van der Waals surface area contributed by atoms with Crippen molar-refractivity contribution in [2.75, 3.05) is 11.9 Å². The fourth-order valence-corrected chi connectivity index (χ4v) is 9.40. The zero-order chi connectivity index (χ0) is 36.0. The summed E-state index contributed by atoms with van der Waals surface area (Å²) < 4.78 is 40.0. The molecule has 1 spiro atoms. The van der Waals surface area contributed by atoms with Crippen molar-refractivity contribution in [1.82, 2.24) is 33.8 Å². The minimum absolute atomic E-state index is 0.0917. The summed E-state index contributed by atoms with van der Waals surface area (Å²) >= 11 is 0. The van der Waals surface area contributed by atoms with Gasteiger partial charge < -0.3 is 15.0 Å². The molecule has 2 amide bonds. The molecule has 6 aromatic rings. The van der Waals surface area contributed by atoms with E-state index in [1.165, 1.54) is 3.97 Å². The molecule has 2 aliphatic rings. The molecule has 262 valence electrons. The number of nitrogens with one attached hydrogen (secondary N) is 1. The van der Waals surface area contributed by atoms with Gasteiger partial charge in [0.25, 0.3) is 10.0 Å². The molecule has 0 bridgehead atoms. The Morgan fingerprint density at radius 2 is 1.76 bits per heavy atom. The Kier molecular flexibility index (Phi) is 7.21. The zero-order valence-corrected chi connectivity index (χ0v) is 30.0. The molecule has 51 heavy (non-hydrogen) atoms. The number of aryl methyl sites for hydroxylation is 2. The third-order valence-electron chi connectivity index (χ3n) is 10.0. The van der Waals surface area contributed by atoms with Gasteiger partial charge in [0, 0.05) is 60.8 Å². The minimum Gasteiger partial charge on any atom is -0.444 e. The van der Waals surface area contributed by atoms with Crippen LogP contribution in [0.4, 0.5) is 10.5 Å². The maximum absolute atomic E-state index is 14.9. The van der Waals surface area contributed by atoms with Gasteiger partial charge in [0.2, 0.25) is 5.91 Å². The number of pyridine rings is 1. The Hall–Kier alpha value is -5.50. The Labute approximate surface area is 294 Å². The first-order chi connectivity index (χ1) is 24.2. The number of aromatic nitrogens is 6. The number of benzene rings is 2. The second kappa shape index (κ2) is 11.3. The highest BCUT2D eigenvalue weighted by atomic mass is 32.2. The van der Waals surface area contributed by atoms with Crippen LogP contribution in [-0.2, 0) is 39.1 Å². The van der Waals surface area contributed by atoms with E-state index >= 15 is 0 Å². The molecule has 8 rings (SSSR count). The Balaban J connectivity index is 1.46. The van der Waals surface area contributed by atoms with Crippen molar-refractivity contribution in [3.63, 3.8) is 0 Å². The van der Waals surface area contributed by atoms with E-state index in [1.807, 2.05) is 25.2 Å². The fourth-order valence-electron chi connectivity index (χ4n) is 7.89. The van der Waals surface area contributed by atoms with Crippen LogP contribution in [0.15, 0.2) is 78.2 Å². The van der Waals surface area contributed by atoms with Gasteiger partial charge in [-0.25, -0.2) is 22.2 Å². The van der Waals surface area contributed by atoms with Crippen LogP contribution in [0, 0.1) is 0 Å². The molecule has 2 atom stereocenters. The van der Waals surface area contributed by atoms with Crippen molar-refractivity contribution in [2.24, 2.45) is 14.1 Å². The highest BCUT2D eigenvalue weighted by molar-refractivity contribution is 7.90. The topological polar surface area (TPSA) is 146 Å². The van der Waals surface area contributed by atoms with Gasteiger partial charge in [-0.15, -0.1) is 0 Å². The van der Waals surface area contributed by atoms with Gasteiger partial charge in [-0.05, 0) is 69.9 Å². The van der Waals surface area contributed by atoms with E-state index in [2.05, 4.69) is 15.5 Å². The van der Waals surface area contributed by atoms with Crippen LogP contribution in [0.1, 0.15) is 45.6 Å². The molecule has 2 aromatic carbocycles. The first-order valence-corrected chi connectivity index (χ1v) is 18.2. The third-order valence-corrected chi connectivity index (χ3v) is 11.7. The van der Waals surface area contributed by atoms with Crippen LogP contribution in [0.2, 0.25) is 0 Å². The lowest BCUT2D eigenvalue weighted by atomic mass is 9.77. The lowest BCUT2D eigenvalue weighted by Gasteiger charge is -2.25. The van der Waals surface area contributed by atoms with Crippen molar-refractivity contribution in [1.29, 1.82) is 0 Å². The Morgan fingerprint density at radius 1 is 1.00 bits per heavy atom. The summed E-state index contributed by atoms with van der Waals surface area (Å²) in [6, 6.07) is 13.8. The monoisotopic (exact) mass is 706 g/mol. The summed E-state index contributed by atoms with van der Waals surface area (Å²) in [5, 5.41) is 13.3. The first-order valence-electron chi connectivity index (χ1n) is 16.8. The molecule has 1 aliphatic carbocycles. The van der Waals surface area contributed by atoms with E-state index in [9.17, 15) is 18.0 Å². The van der Waals surface area contributed by atoms with Crippen LogP contribution < -0.4 is 10.2 Å². The summed E-state index contributed by atoms with van der Waals surface area (Å²) in [5.74, 6) is -0.129. The van der Waals surface area contributed by atoms with E-state index in [0.29, 0.717) is 52.7 Å². The molecule has 0 unspecified atom stereocenters. The second-order valence-corrected chi connectivity index (χ2v) is 16.3. The van der Waals surface area contributed by atoms with Gasteiger partial charge in [-0.2, -0.15) is 10.2 Å². The van der Waals surface area contributed by atoms with Gasteiger partial charge in [-0.3, -0.25) is 14.2 Å². The van der Waals surface area contributed by atoms with Crippen molar-refractivity contribution in [3.05, 3.63) is 78.9 Å². The smallest absolute Gasteiger partial charge is 0.407 e. The number of likely N-dealkylation sites (N-methyl/N-ethyl adjacent to an activating group) is 1. The number of ether oxygens (including phenoxy) is 1. The van der Waals surface area contributed by atoms with E-state index in [1.54, 1.807) is 104 Å². The maximum atomic E-state index is 14.9. The molecule has 1 aliphatic heterocycles. The van der Waals surface area contributed by atoms with E-state index in [4.69, 9.17) is 9.72 Å². The average Bonchev–Trinajstić information content (AvgIpc) is 3.90. The quantitative estimate of drug-likeness (QED) is 0.247. The molecule has 0 saturated heterocycles. The molecular formula is C37H38N8O5S. The average molecular weight is 707 g/mol. The van der Waals surface area contributed by atoms with Gasteiger partial charge in [-0.1, -0.05) is 24.3 Å². The molecule has 13 nitrogen and oxygen atoms in total. The highest BCUT2D eigenvalue weighted by Gasteiger charge is 2.56. The van der Waals surface area contributed by atoms with Crippen LogP contribution in [0.5, 0.6) is 0 Å². The Morgan fingerprint density at radius 3 is 2.47 bits per heavy atom. The van der Waals surface area contributed by atoms with Gasteiger partial charge >= 0.3 is 6.09 Å². The zero-order valence-electron chi connectivity index (χ0n) is 29.2. The predicted octanol–water partition coefficient (Wildman–Crippen LogP) is 5.52. The van der Waals surface area contributed by atoms with E-state index < -0.39 is 27.1 Å². The lowest BCUT2D eigenvalue weighted by molar-refractivity contribution is -0.122. The number of carbonyl (C=O) groups is 2. The van der Waals surface area contributed by atoms with Gasteiger partial charge in [0.05, 0.1) is 45.8 Å². The summed E-state index contributed by atoms with van der Waals surface area (Å²) in [6.07, 6.45) is 7.50. The number of carbonyl (C=O) groups excluding carboxylic acids is 2. The van der Waals surface area contributed by atoms with Crippen LogP contribution in [-0.4, -0.2) is 67.6 Å². The van der Waals surface area contributed by atoms with E-state index in [0.717, 1.165) is 16.5 Å². The van der Waals surface area contributed by atoms with Crippen molar-refractivity contribution in [3.8, 4) is 22.4 Å². The van der Waals surface area contributed by atoms with Crippen LogP contribution in [0.3, 0.4) is 0 Å². The molecule has 1 N–H and O–H groups in total. The molecule has 1 fully saturated rings. The normalized spacial score (nSPS) is 19.1. The number of anilines is 1. The number of hydrogen-bond donors (Lipinski definition) is 1. The largest absolute Gasteiger partial charge is 0.444 e. The predicted molar refractivity (Wildman–Crippen MR) is 193 cm³/mol. The standard InChI is InChI=1S/C37H38N8O5S/c1-36(2,3)50-35(47)41-25-14-15-37(17-25)31-28(43(5)34(37)46)20-38-33-30(31)29(22-12-13-27-23(16-22)18-40-44(27)6)32(24-19-39-42(4)21-24)45(33)51(48,49)26-10-8-7-9-11-26/h7-13,16,18-21,25H,14-15,17H2,1-6H3,(H,41,47)/t25-,37+/m1/s1. The lowest BCUT2D eigenvalue weighted by Crippen LogP contribution is -2.41. The summed E-state index contributed by atoms with van der Waals surface area (Å²) in [6.45, 7) is 5.41. The summed E-state index contributed by atoms with van der Waals surface area (Å²) in [7, 11) is 1.11. The number of nitrogens with zero attached hydrogens (tertiary/aromatic N) is 7. The number of fused-ring (bicyclic) bond motifs is 5. The summed E-state index contributed by atoms with van der Waals surface area (Å²) in [4.78, 5) is 34.0. The van der Waals surface area contributed by atoms with Crippen molar-refractivity contribution >= 4 is 49.6 Å². The maximum Gasteiger partial charge on any atom is 0.407 e. The number of amides is 2. The first kappa shape index (κ1) is 32.7. The number of rotatable bonds is 5. The number of alkyl carbamates (subject to hydrolysis) is 1. The van der Waals surface area contributed by atoms with Crippen molar-refractivity contribution in [2.45, 2.75) is 62.0 Å². The molecule has 14 heteroatoms. The van der Waals surface area contributed by atoms with Crippen LogP contribution >= 0.6 is 0 Å². The molecule has 4 aromatic heterocycles. The molecular weight excluding hydrogens is 669 g/mol. The fraction of sp³-hybridized carbons (Fsp3) is 0.324. The SMILES string of the molecule is CN1C(=O)[C@]2(CC[C@@H](NC(=O)OC(C)(C)C)C2)c2c1cnc1c2c(-c2ccc3c(cnn3C)c2)c(-c2cnn(C)c2)n1S(=O)(=O)c1ccccc1. The van der Waals surface area contributed by atoms with Crippen LogP contribution in [0.25, 0.3) is 44.3 Å². The number of hydrogen-bond acceptors (Lipinski definition) is 8. The molecule has 1 saturated carbocycles. The third kappa shape index (κ3) is 5.02. The Bertz CT molecular complexity index is 2510. The molecule has 0 radical (unpaired) electrons. The van der Waals surface area contributed by atoms with Crippen molar-refractivity contribution < 1.29 is 22.7 Å².